The summed E-state index contributed by atoms with van der Waals surface area (Å²) in [6.07, 6.45) is 4.20. The van der Waals surface area contributed by atoms with Gasteiger partial charge in [-0.2, -0.15) is 0 Å². The number of rotatable bonds is 3. The summed E-state index contributed by atoms with van der Waals surface area (Å²) in [6, 6.07) is 4.71. The molecule has 0 saturated heterocycles. The van der Waals surface area contributed by atoms with Crippen molar-refractivity contribution in [2.45, 2.75) is 0 Å². The molecule has 0 unspecified atom stereocenters. The second kappa shape index (κ2) is 4.84. The van der Waals surface area contributed by atoms with Crippen LogP contribution in [0, 0.1) is 5.82 Å². The SMILES string of the molecule is NC(=S)c1ccnc(Nc2cncc(F)c2)c1. The lowest BCUT2D eigenvalue weighted by Crippen LogP contribution is -2.09. The molecule has 0 amide bonds. The van der Waals surface area contributed by atoms with Crippen molar-refractivity contribution in [2.24, 2.45) is 5.73 Å². The van der Waals surface area contributed by atoms with E-state index in [1.807, 2.05) is 0 Å². The lowest BCUT2D eigenvalue weighted by molar-refractivity contribution is 0.622. The minimum absolute atomic E-state index is 0.285. The Kier molecular flexibility index (Phi) is 3.24. The van der Waals surface area contributed by atoms with Crippen molar-refractivity contribution >= 4 is 28.7 Å². The largest absolute Gasteiger partial charge is 0.389 e. The van der Waals surface area contributed by atoms with E-state index in [1.54, 1.807) is 18.3 Å². The van der Waals surface area contributed by atoms with Crippen LogP contribution in [-0.2, 0) is 0 Å². The second-order valence-corrected chi connectivity index (χ2v) is 3.75. The monoisotopic (exact) mass is 248 g/mol. The highest BCUT2D eigenvalue weighted by molar-refractivity contribution is 7.80. The number of thiocarbonyl (C=S) groups is 1. The summed E-state index contributed by atoms with van der Waals surface area (Å²) < 4.78 is 12.9. The number of nitrogens with one attached hydrogen (secondary N) is 1. The number of aromatic nitrogens is 2. The smallest absolute Gasteiger partial charge is 0.143 e. The molecule has 2 aromatic rings. The normalized spacial score (nSPS) is 9.94. The van der Waals surface area contributed by atoms with Gasteiger partial charge in [-0.05, 0) is 12.1 Å². The van der Waals surface area contributed by atoms with E-state index in [0.717, 1.165) is 6.20 Å². The van der Waals surface area contributed by atoms with Crippen molar-refractivity contribution in [1.82, 2.24) is 9.97 Å². The van der Waals surface area contributed by atoms with Gasteiger partial charge in [-0.1, -0.05) is 12.2 Å². The third-order valence-electron chi connectivity index (χ3n) is 2.02. The Morgan fingerprint density at radius 2 is 2.18 bits per heavy atom. The highest BCUT2D eigenvalue weighted by atomic mass is 32.1. The van der Waals surface area contributed by atoms with Crippen LogP contribution < -0.4 is 11.1 Å². The molecule has 2 rings (SSSR count). The van der Waals surface area contributed by atoms with Gasteiger partial charge in [-0.25, -0.2) is 9.37 Å². The molecule has 0 atom stereocenters. The van der Waals surface area contributed by atoms with Gasteiger partial charge >= 0.3 is 0 Å². The van der Waals surface area contributed by atoms with E-state index in [4.69, 9.17) is 18.0 Å². The maximum absolute atomic E-state index is 12.9. The van der Waals surface area contributed by atoms with Crippen LogP contribution in [0.2, 0.25) is 0 Å². The summed E-state index contributed by atoms with van der Waals surface area (Å²) in [7, 11) is 0. The number of nitrogens with zero attached hydrogens (tertiary/aromatic N) is 2. The van der Waals surface area contributed by atoms with Crippen LogP contribution in [0.15, 0.2) is 36.8 Å². The number of nitrogens with two attached hydrogens (primary N) is 1. The van der Waals surface area contributed by atoms with Crippen LogP contribution in [0.1, 0.15) is 5.56 Å². The fraction of sp³-hybridized carbons (Fsp3) is 0. The Morgan fingerprint density at radius 3 is 2.88 bits per heavy atom. The molecule has 3 N–H and O–H groups in total. The Bertz CT molecular complexity index is 559. The van der Waals surface area contributed by atoms with Crippen LogP contribution in [0.5, 0.6) is 0 Å². The van der Waals surface area contributed by atoms with E-state index >= 15 is 0 Å². The first-order valence-corrected chi connectivity index (χ1v) is 5.19. The van der Waals surface area contributed by atoms with Crippen LogP contribution in [0.4, 0.5) is 15.9 Å². The van der Waals surface area contributed by atoms with Crippen molar-refractivity contribution in [2.75, 3.05) is 5.32 Å². The molecular weight excluding hydrogens is 239 g/mol. The van der Waals surface area contributed by atoms with E-state index in [1.165, 1.54) is 12.3 Å². The molecule has 0 aliphatic heterocycles. The number of pyridine rings is 2. The van der Waals surface area contributed by atoms with Crippen molar-refractivity contribution < 1.29 is 4.39 Å². The third kappa shape index (κ3) is 2.94. The second-order valence-electron chi connectivity index (χ2n) is 3.31. The minimum atomic E-state index is -0.416. The summed E-state index contributed by atoms with van der Waals surface area (Å²) in [5, 5.41) is 2.91. The first kappa shape index (κ1) is 11.4. The number of hydrogen-bond donors (Lipinski definition) is 2. The summed E-state index contributed by atoms with van der Waals surface area (Å²) in [4.78, 5) is 8.08. The van der Waals surface area contributed by atoms with Crippen molar-refractivity contribution in [1.29, 1.82) is 0 Å². The number of hydrogen-bond acceptors (Lipinski definition) is 4. The average Bonchev–Trinajstić information content (AvgIpc) is 2.29. The van der Waals surface area contributed by atoms with Gasteiger partial charge in [-0.3, -0.25) is 4.98 Å². The lowest BCUT2D eigenvalue weighted by Gasteiger charge is -2.06. The van der Waals surface area contributed by atoms with Gasteiger partial charge in [0, 0.05) is 17.8 Å². The van der Waals surface area contributed by atoms with E-state index in [2.05, 4.69) is 15.3 Å². The standard InChI is InChI=1S/C11H9FN4S/c12-8-4-9(6-14-5-8)16-10-3-7(11(13)17)1-2-15-10/h1-6H,(H2,13,17)(H,15,16). The van der Waals surface area contributed by atoms with Crippen molar-refractivity contribution in [3.05, 3.63) is 48.2 Å². The summed E-state index contributed by atoms with van der Waals surface area (Å²) in [5.74, 6) is 0.114. The Labute approximate surface area is 103 Å². The topological polar surface area (TPSA) is 63.8 Å². The molecule has 4 nitrogen and oxygen atoms in total. The molecule has 17 heavy (non-hydrogen) atoms. The van der Waals surface area contributed by atoms with Gasteiger partial charge in [0.05, 0.1) is 18.1 Å². The van der Waals surface area contributed by atoms with Gasteiger partial charge in [0.25, 0.3) is 0 Å². The molecule has 0 bridgehead atoms. The number of anilines is 2. The molecule has 2 aromatic heterocycles. The van der Waals surface area contributed by atoms with Gasteiger partial charge in [0.2, 0.25) is 0 Å². The molecule has 2 heterocycles. The van der Waals surface area contributed by atoms with E-state index in [-0.39, 0.29) is 4.99 Å². The van der Waals surface area contributed by atoms with Gasteiger partial charge in [-0.15, -0.1) is 0 Å². The summed E-state index contributed by atoms with van der Waals surface area (Å²) in [6.45, 7) is 0. The average molecular weight is 248 g/mol. The predicted octanol–water partition coefficient (Wildman–Crippen LogP) is 1.99. The zero-order chi connectivity index (χ0) is 12.3. The molecule has 0 aliphatic rings. The van der Waals surface area contributed by atoms with Crippen molar-refractivity contribution in [3.8, 4) is 0 Å². The molecule has 0 saturated carbocycles. The van der Waals surface area contributed by atoms with E-state index in [0.29, 0.717) is 17.1 Å². The zero-order valence-corrected chi connectivity index (χ0v) is 9.54. The molecule has 0 fully saturated rings. The zero-order valence-electron chi connectivity index (χ0n) is 8.72. The Hall–Kier alpha value is -2.08. The molecule has 0 aromatic carbocycles. The molecular formula is C11H9FN4S. The fourth-order valence-corrected chi connectivity index (χ4v) is 1.41. The summed E-state index contributed by atoms with van der Waals surface area (Å²) in [5.41, 5.74) is 6.71. The molecule has 0 aliphatic carbocycles. The molecule has 0 spiro atoms. The quantitative estimate of drug-likeness (QED) is 0.813. The first-order chi connectivity index (χ1) is 8.15. The third-order valence-corrected chi connectivity index (χ3v) is 2.26. The van der Waals surface area contributed by atoms with E-state index < -0.39 is 5.82 Å². The van der Waals surface area contributed by atoms with Gasteiger partial charge in [0.15, 0.2) is 0 Å². The lowest BCUT2D eigenvalue weighted by atomic mass is 10.2. The van der Waals surface area contributed by atoms with Gasteiger partial charge < -0.3 is 11.1 Å². The maximum atomic E-state index is 12.9. The fourth-order valence-electron chi connectivity index (χ4n) is 1.28. The van der Waals surface area contributed by atoms with Crippen molar-refractivity contribution in [3.63, 3.8) is 0 Å². The molecule has 0 radical (unpaired) electrons. The first-order valence-electron chi connectivity index (χ1n) is 4.78. The number of halogens is 1. The Balaban J connectivity index is 2.24. The van der Waals surface area contributed by atoms with Crippen LogP contribution in [-0.4, -0.2) is 15.0 Å². The molecule has 6 heteroatoms. The van der Waals surface area contributed by atoms with Crippen LogP contribution in [0.25, 0.3) is 0 Å². The summed E-state index contributed by atoms with van der Waals surface area (Å²) >= 11 is 4.86. The van der Waals surface area contributed by atoms with E-state index in [9.17, 15) is 4.39 Å². The molecule has 86 valence electrons. The Morgan fingerprint density at radius 1 is 1.35 bits per heavy atom. The van der Waals surface area contributed by atoms with Gasteiger partial charge in [0.1, 0.15) is 16.6 Å². The highest BCUT2D eigenvalue weighted by Crippen LogP contribution is 2.15. The highest BCUT2D eigenvalue weighted by Gasteiger charge is 2.01. The minimum Gasteiger partial charge on any atom is -0.389 e. The maximum Gasteiger partial charge on any atom is 0.143 e. The van der Waals surface area contributed by atoms with Crippen LogP contribution in [0.3, 0.4) is 0 Å². The van der Waals surface area contributed by atoms with Crippen LogP contribution >= 0.6 is 12.2 Å². The predicted molar refractivity (Wildman–Crippen MR) is 67.6 cm³/mol.